The molecule has 1 aromatic heterocycles. The quantitative estimate of drug-likeness (QED) is 0.637. The maximum Gasteiger partial charge on any atom is 0.243 e. The molecule has 0 bridgehead atoms. The molecule has 0 aliphatic heterocycles. The van der Waals surface area contributed by atoms with E-state index in [1.807, 2.05) is 72.6 Å². The van der Waals surface area contributed by atoms with E-state index in [0.717, 1.165) is 15.8 Å². The number of aromatic nitrogens is 1. The molecule has 0 unspecified atom stereocenters. The molecule has 1 heterocycles. The normalized spacial score (nSPS) is 10.2. The van der Waals surface area contributed by atoms with Crippen molar-refractivity contribution in [1.29, 1.82) is 0 Å². The third-order valence-electron chi connectivity index (χ3n) is 3.65. The van der Waals surface area contributed by atoms with Crippen LogP contribution in [-0.2, 0) is 4.79 Å². The molecular formula is C20H18BrN3O2. The third kappa shape index (κ3) is 5.07. The highest BCUT2D eigenvalue weighted by atomic mass is 79.9. The lowest BCUT2D eigenvalue weighted by Crippen LogP contribution is -2.29. The maximum absolute atomic E-state index is 12.2. The highest BCUT2D eigenvalue weighted by molar-refractivity contribution is 9.10. The Bertz CT molecular complexity index is 852. The van der Waals surface area contributed by atoms with Gasteiger partial charge in [-0.3, -0.25) is 4.79 Å². The number of halogens is 1. The Hall–Kier alpha value is -2.86. The molecule has 132 valence electrons. The standard InChI is InChI=1S/C20H18BrN3O2/c1-24(14-19(25)23-16-7-5-15(21)6-8-16)17-9-11-18(12-10-17)26-20-4-2-3-13-22-20/h2-13H,14H2,1H3,(H,23,25). The maximum atomic E-state index is 12.2. The Labute approximate surface area is 160 Å². The predicted molar refractivity (Wildman–Crippen MR) is 107 cm³/mol. The minimum Gasteiger partial charge on any atom is -0.439 e. The summed E-state index contributed by atoms with van der Waals surface area (Å²) < 4.78 is 6.64. The van der Waals surface area contributed by atoms with Crippen LogP contribution in [0.2, 0.25) is 0 Å². The Morgan fingerprint density at radius 1 is 1.08 bits per heavy atom. The van der Waals surface area contributed by atoms with Gasteiger partial charge in [-0.15, -0.1) is 0 Å². The van der Waals surface area contributed by atoms with Crippen LogP contribution in [0.4, 0.5) is 11.4 Å². The second-order valence-electron chi connectivity index (χ2n) is 5.68. The van der Waals surface area contributed by atoms with Crippen LogP contribution in [0.25, 0.3) is 0 Å². The largest absolute Gasteiger partial charge is 0.439 e. The van der Waals surface area contributed by atoms with Crippen LogP contribution in [0.15, 0.2) is 77.4 Å². The molecule has 0 saturated carbocycles. The van der Waals surface area contributed by atoms with Crippen LogP contribution < -0.4 is 15.0 Å². The van der Waals surface area contributed by atoms with Gasteiger partial charge in [0.25, 0.3) is 0 Å². The second kappa shape index (κ2) is 8.49. The number of anilines is 2. The molecule has 0 radical (unpaired) electrons. The first-order valence-corrected chi connectivity index (χ1v) is 8.85. The molecule has 0 aliphatic rings. The first kappa shape index (κ1) is 17.9. The first-order valence-electron chi connectivity index (χ1n) is 8.06. The fraction of sp³-hybridized carbons (Fsp3) is 0.100. The van der Waals surface area contributed by atoms with Gasteiger partial charge < -0.3 is 15.0 Å². The van der Waals surface area contributed by atoms with E-state index in [9.17, 15) is 4.79 Å². The van der Waals surface area contributed by atoms with Crippen LogP contribution in [-0.4, -0.2) is 24.5 Å². The van der Waals surface area contributed by atoms with E-state index >= 15 is 0 Å². The van der Waals surface area contributed by atoms with E-state index in [-0.39, 0.29) is 12.5 Å². The second-order valence-corrected chi connectivity index (χ2v) is 6.59. The molecule has 2 aromatic carbocycles. The van der Waals surface area contributed by atoms with Crippen molar-refractivity contribution in [3.63, 3.8) is 0 Å². The molecule has 3 rings (SSSR count). The summed E-state index contributed by atoms with van der Waals surface area (Å²) in [5.74, 6) is 1.16. The number of nitrogens with one attached hydrogen (secondary N) is 1. The number of rotatable bonds is 6. The number of carbonyl (C=O) groups excluding carboxylic acids is 1. The van der Waals surface area contributed by atoms with Gasteiger partial charge in [-0.1, -0.05) is 22.0 Å². The van der Waals surface area contributed by atoms with Crippen molar-refractivity contribution in [3.05, 3.63) is 77.4 Å². The zero-order valence-electron chi connectivity index (χ0n) is 14.2. The summed E-state index contributed by atoms with van der Waals surface area (Å²) in [6.07, 6.45) is 1.68. The zero-order valence-corrected chi connectivity index (χ0v) is 15.8. The number of hydrogen-bond acceptors (Lipinski definition) is 4. The highest BCUT2D eigenvalue weighted by Crippen LogP contribution is 2.22. The van der Waals surface area contributed by atoms with Crippen LogP contribution in [0.3, 0.4) is 0 Å². The van der Waals surface area contributed by atoms with Crippen LogP contribution >= 0.6 is 15.9 Å². The molecule has 5 nitrogen and oxygen atoms in total. The summed E-state index contributed by atoms with van der Waals surface area (Å²) in [4.78, 5) is 18.2. The van der Waals surface area contributed by atoms with Crippen molar-refractivity contribution in [2.75, 3.05) is 23.8 Å². The highest BCUT2D eigenvalue weighted by Gasteiger charge is 2.08. The number of ether oxygens (including phenoxy) is 1. The molecule has 26 heavy (non-hydrogen) atoms. The predicted octanol–water partition coefficient (Wildman–Crippen LogP) is 4.71. The molecule has 1 amide bonds. The number of pyridine rings is 1. The van der Waals surface area contributed by atoms with Crippen LogP contribution in [0, 0.1) is 0 Å². The molecule has 0 atom stereocenters. The summed E-state index contributed by atoms with van der Waals surface area (Å²) in [6, 6.07) is 20.5. The molecule has 0 fully saturated rings. The number of amides is 1. The third-order valence-corrected chi connectivity index (χ3v) is 4.18. The Morgan fingerprint density at radius 3 is 2.46 bits per heavy atom. The summed E-state index contributed by atoms with van der Waals surface area (Å²) in [7, 11) is 1.87. The van der Waals surface area contributed by atoms with E-state index in [4.69, 9.17) is 4.74 Å². The van der Waals surface area contributed by atoms with Crippen LogP contribution in [0.5, 0.6) is 11.6 Å². The Balaban J connectivity index is 1.56. The van der Waals surface area contributed by atoms with Gasteiger partial charge in [-0.2, -0.15) is 0 Å². The van der Waals surface area contributed by atoms with Gasteiger partial charge in [0.2, 0.25) is 11.8 Å². The fourth-order valence-electron chi connectivity index (χ4n) is 2.34. The first-order chi connectivity index (χ1) is 12.6. The summed E-state index contributed by atoms with van der Waals surface area (Å²) in [5, 5.41) is 2.88. The van der Waals surface area contributed by atoms with Gasteiger partial charge in [-0.05, 0) is 54.6 Å². The monoisotopic (exact) mass is 411 g/mol. The molecular weight excluding hydrogens is 394 g/mol. The van der Waals surface area contributed by atoms with E-state index in [2.05, 4.69) is 26.2 Å². The topological polar surface area (TPSA) is 54.5 Å². The van der Waals surface area contributed by atoms with E-state index < -0.39 is 0 Å². The number of nitrogens with zero attached hydrogens (tertiary/aromatic N) is 2. The van der Waals surface area contributed by atoms with E-state index in [1.165, 1.54) is 0 Å². The van der Waals surface area contributed by atoms with Gasteiger partial charge in [0.05, 0.1) is 6.54 Å². The van der Waals surface area contributed by atoms with Crippen molar-refractivity contribution in [2.45, 2.75) is 0 Å². The number of likely N-dealkylation sites (N-methyl/N-ethyl adjacent to an activating group) is 1. The average molecular weight is 412 g/mol. The van der Waals surface area contributed by atoms with Crippen molar-refractivity contribution >= 4 is 33.2 Å². The van der Waals surface area contributed by atoms with Crippen molar-refractivity contribution in [3.8, 4) is 11.6 Å². The lowest BCUT2D eigenvalue weighted by molar-refractivity contribution is -0.114. The average Bonchev–Trinajstić information content (AvgIpc) is 2.65. The van der Waals surface area contributed by atoms with Gasteiger partial charge in [0.1, 0.15) is 5.75 Å². The summed E-state index contributed by atoms with van der Waals surface area (Å²) in [6.45, 7) is 0.247. The molecule has 3 aromatic rings. The lowest BCUT2D eigenvalue weighted by Gasteiger charge is -2.19. The molecule has 0 saturated heterocycles. The van der Waals surface area contributed by atoms with Gasteiger partial charge in [-0.25, -0.2) is 4.98 Å². The lowest BCUT2D eigenvalue weighted by atomic mass is 10.2. The van der Waals surface area contributed by atoms with Gasteiger partial charge in [0, 0.05) is 35.2 Å². The number of benzene rings is 2. The molecule has 0 spiro atoms. The minimum atomic E-state index is -0.0800. The summed E-state index contributed by atoms with van der Waals surface area (Å²) >= 11 is 3.37. The number of hydrogen-bond donors (Lipinski definition) is 1. The van der Waals surface area contributed by atoms with Crippen molar-refractivity contribution in [1.82, 2.24) is 4.98 Å². The van der Waals surface area contributed by atoms with Crippen molar-refractivity contribution < 1.29 is 9.53 Å². The molecule has 6 heteroatoms. The van der Waals surface area contributed by atoms with E-state index in [0.29, 0.717) is 11.6 Å². The number of carbonyl (C=O) groups is 1. The van der Waals surface area contributed by atoms with Gasteiger partial charge >= 0.3 is 0 Å². The molecule has 0 aliphatic carbocycles. The van der Waals surface area contributed by atoms with Gasteiger partial charge in [0.15, 0.2) is 0 Å². The zero-order chi connectivity index (χ0) is 18.4. The Kier molecular flexibility index (Phi) is 5.86. The Morgan fingerprint density at radius 2 is 1.81 bits per heavy atom. The van der Waals surface area contributed by atoms with Crippen molar-refractivity contribution in [2.24, 2.45) is 0 Å². The smallest absolute Gasteiger partial charge is 0.243 e. The van der Waals surface area contributed by atoms with Crippen LogP contribution in [0.1, 0.15) is 0 Å². The minimum absolute atomic E-state index is 0.0800. The molecule has 1 N–H and O–H groups in total. The fourth-order valence-corrected chi connectivity index (χ4v) is 2.60. The summed E-state index contributed by atoms with van der Waals surface area (Å²) in [5.41, 5.74) is 1.69. The van der Waals surface area contributed by atoms with E-state index in [1.54, 1.807) is 12.3 Å². The SMILES string of the molecule is CN(CC(=O)Nc1ccc(Br)cc1)c1ccc(Oc2ccccn2)cc1.